The number of benzene rings is 1. The van der Waals surface area contributed by atoms with Crippen LogP contribution in [0.1, 0.15) is 57.9 Å². The summed E-state index contributed by atoms with van der Waals surface area (Å²) < 4.78 is 12.4. The van der Waals surface area contributed by atoms with Crippen LogP contribution in [0, 0.1) is 28.6 Å². The zero-order chi connectivity index (χ0) is 23.0. The number of hydrogen-bond donors (Lipinski definition) is 0. The molecule has 1 amide bonds. The van der Waals surface area contributed by atoms with Gasteiger partial charge in [0.15, 0.2) is 5.79 Å². The van der Waals surface area contributed by atoms with Crippen LogP contribution in [0.2, 0.25) is 5.02 Å². The summed E-state index contributed by atoms with van der Waals surface area (Å²) in [5.41, 5.74) is 1.52. The van der Waals surface area contributed by atoms with E-state index in [1.165, 1.54) is 0 Å². The van der Waals surface area contributed by atoms with Crippen molar-refractivity contribution in [2.75, 3.05) is 13.2 Å². The van der Waals surface area contributed by atoms with Crippen molar-refractivity contribution in [3.63, 3.8) is 0 Å². The number of carbonyl (C=O) groups is 2. The van der Waals surface area contributed by atoms with Crippen LogP contribution in [0.25, 0.3) is 0 Å². The number of likely N-dealkylation sites (tertiary alicyclic amines) is 1. The summed E-state index contributed by atoms with van der Waals surface area (Å²) in [5.74, 6) is 0.513. The van der Waals surface area contributed by atoms with Crippen molar-refractivity contribution in [3.05, 3.63) is 46.6 Å². The van der Waals surface area contributed by atoms with E-state index in [0.717, 1.165) is 36.9 Å². The molecule has 1 aromatic carbocycles. The second-order valence-corrected chi connectivity index (χ2v) is 11.6. The highest BCUT2D eigenvalue weighted by Crippen LogP contribution is 2.67. The van der Waals surface area contributed by atoms with Crippen LogP contribution >= 0.6 is 11.6 Å². The zero-order valence-electron chi connectivity index (χ0n) is 19.4. The van der Waals surface area contributed by atoms with E-state index in [0.29, 0.717) is 49.3 Å². The maximum Gasteiger partial charge on any atom is 0.227 e. The van der Waals surface area contributed by atoms with Gasteiger partial charge in [0.1, 0.15) is 5.78 Å². The SMILES string of the molecule is C[C@]12CCC(=O)N(Cc3ccc(Cl)cc3)C1=CCC1[C@@H]2C(=O)C[C@@]2(C)[C@H]1CCC21OCCO1. The minimum absolute atomic E-state index is 0.0482. The third-order valence-electron chi connectivity index (χ3n) is 9.62. The lowest BCUT2D eigenvalue weighted by Crippen LogP contribution is -2.60. The number of Topliss-reactive ketones (excluding diaryl/α,β-unsaturated/α-hetero) is 1. The van der Waals surface area contributed by atoms with Gasteiger partial charge in [0.05, 0.1) is 19.8 Å². The normalized spacial score (nSPS) is 39.3. The number of carbonyl (C=O) groups excluding carboxylic acids is 2. The van der Waals surface area contributed by atoms with E-state index in [1.807, 2.05) is 29.2 Å². The Hall–Kier alpha value is -1.69. The standard InChI is InChI=1S/C27H32ClNO4/c1-25-11-10-23(31)29(16-17-3-5-18(28)6-4-17)22(25)8-7-19-20-9-12-27(32-13-14-33-27)26(20,2)15-21(30)24(19)25/h3-6,8,19-20,24H,7,9-16H2,1-2H3/t19?,20-,24+,25-,26-/m0/s1. The average Bonchev–Trinajstić information content (AvgIpc) is 3.37. The quantitative estimate of drug-likeness (QED) is 0.603. The molecule has 33 heavy (non-hydrogen) atoms. The van der Waals surface area contributed by atoms with Crippen molar-refractivity contribution >= 4 is 23.3 Å². The monoisotopic (exact) mass is 469 g/mol. The largest absolute Gasteiger partial charge is 0.347 e. The minimum Gasteiger partial charge on any atom is -0.347 e. The number of amides is 1. The fraction of sp³-hybridized carbons (Fsp3) is 0.630. The van der Waals surface area contributed by atoms with Crippen LogP contribution < -0.4 is 0 Å². The Bertz CT molecular complexity index is 1030. The van der Waals surface area contributed by atoms with E-state index in [4.69, 9.17) is 21.1 Å². The number of halogens is 1. The predicted molar refractivity (Wildman–Crippen MR) is 124 cm³/mol. The van der Waals surface area contributed by atoms with Gasteiger partial charge in [-0.15, -0.1) is 0 Å². The van der Waals surface area contributed by atoms with Gasteiger partial charge in [0.2, 0.25) is 5.91 Å². The fourth-order valence-electron chi connectivity index (χ4n) is 8.11. The Morgan fingerprint density at radius 1 is 1.09 bits per heavy atom. The molecule has 1 spiro atoms. The van der Waals surface area contributed by atoms with Crippen LogP contribution in [0.4, 0.5) is 0 Å². The van der Waals surface area contributed by atoms with E-state index < -0.39 is 5.79 Å². The van der Waals surface area contributed by atoms with E-state index in [9.17, 15) is 9.59 Å². The molecule has 6 rings (SSSR count). The van der Waals surface area contributed by atoms with Gasteiger partial charge in [-0.3, -0.25) is 9.59 Å². The topological polar surface area (TPSA) is 55.8 Å². The lowest BCUT2D eigenvalue weighted by atomic mass is 9.49. The molecule has 2 heterocycles. The first kappa shape index (κ1) is 21.8. The van der Waals surface area contributed by atoms with Crippen molar-refractivity contribution in [1.82, 2.24) is 4.90 Å². The summed E-state index contributed by atoms with van der Waals surface area (Å²) in [6.07, 6.45) is 6.75. The molecule has 0 N–H and O–H groups in total. The molecule has 3 aliphatic carbocycles. The number of allylic oxidation sites excluding steroid dienone is 2. The molecule has 1 unspecified atom stereocenters. The maximum absolute atomic E-state index is 13.9. The predicted octanol–water partition coefficient (Wildman–Crippen LogP) is 5.12. The number of ether oxygens (including phenoxy) is 2. The molecular weight excluding hydrogens is 438 g/mol. The fourth-order valence-corrected chi connectivity index (χ4v) is 8.23. The van der Waals surface area contributed by atoms with E-state index in [2.05, 4.69) is 19.9 Å². The van der Waals surface area contributed by atoms with Gasteiger partial charge in [-0.2, -0.15) is 0 Å². The number of fused-ring (bicyclic) bond motifs is 6. The Morgan fingerprint density at radius 3 is 2.55 bits per heavy atom. The lowest BCUT2D eigenvalue weighted by Gasteiger charge is -2.58. The Kier molecular flexibility index (Phi) is 4.89. The molecule has 5 nitrogen and oxygen atoms in total. The highest BCUT2D eigenvalue weighted by molar-refractivity contribution is 6.30. The van der Waals surface area contributed by atoms with E-state index >= 15 is 0 Å². The molecule has 5 atom stereocenters. The Labute approximate surface area is 200 Å². The zero-order valence-corrected chi connectivity index (χ0v) is 20.2. The van der Waals surface area contributed by atoms with Crippen molar-refractivity contribution < 1.29 is 19.1 Å². The van der Waals surface area contributed by atoms with Gasteiger partial charge in [-0.05, 0) is 48.8 Å². The third kappa shape index (κ3) is 2.98. The summed E-state index contributed by atoms with van der Waals surface area (Å²) in [5, 5.41) is 0.689. The van der Waals surface area contributed by atoms with E-state index in [-0.39, 0.29) is 28.6 Å². The highest BCUT2D eigenvalue weighted by Gasteiger charge is 2.69. The first-order chi connectivity index (χ1) is 15.8. The number of nitrogens with zero attached hydrogens (tertiary/aromatic N) is 1. The first-order valence-electron chi connectivity index (χ1n) is 12.3. The molecule has 4 fully saturated rings. The Balaban J connectivity index is 1.35. The maximum atomic E-state index is 13.9. The van der Waals surface area contributed by atoms with Crippen LogP contribution in [0.5, 0.6) is 0 Å². The van der Waals surface area contributed by atoms with Gasteiger partial charge in [0, 0.05) is 46.7 Å². The molecule has 6 heteroatoms. The van der Waals surface area contributed by atoms with E-state index in [1.54, 1.807) is 0 Å². The molecule has 0 radical (unpaired) electrons. The molecule has 0 aromatic heterocycles. The second-order valence-electron chi connectivity index (χ2n) is 11.1. The first-order valence-corrected chi connectivity index (χ1v) is 12.7. The number of ketones is 1. The summed E-state index contributed by atoms with van der Waals surface area (Å²) in [6, 6.07) is 7.68. The highest BCUT2D eigenvalue weighted by atomic mass is 35.5. The van der Waals surface area contributed by atoms with Crippen molar-refractivity contribution in [1.29, 1.82) is 0 Å². The third-order valence-corrected chi connectivity index (χ3v) is 9.87. The molecule has 5 aliphatic rings. The van der Waals surface area contributed by atoms with Crippen molar-refractivity contribution in [3.8, 4) is 0 Å². The summed E-state index contributed by atoms with van der Waals surface area (Å²) in [7, 11) is 0. The average molecular weight is 470 g/mol. The molecule has 2 aliphatic heterocycles. The Morgan fingerprint density at radius 2 is 1.82 bits per heavy atom. The molecule has 2 saturated heterocycles. The summed E-state index contributed by atoms with van der Waals surface area (Å²) >= 11 is 6.06. The summed E-state index contributed by atoms with van der Waals surface area (Å²) in [4.78, 5) is 28.9. The molecular formula is C27H32ClNO4. The minimum atomic E-state index is -0.591. The van der Waals surface area contributed by atoms with Gasteiger partial charge < -0.3 is 14.4 Å². The van der Waals surface area contributed by atoms with Gasteiger partial charge >= 0.3 is 0 Å². The van der Waals surface area contributed by atoms with Crippen molar-refractivity contribution in [2.45, 2.75) is 64.7 Å². The van der Waals surface area contributed by atoms with Crippen LogP contribution in [0.15, 0.2) is 36.0 Å². The van der Waals surface area contributed by atoms with Crippen LogP contribution in [-0.4, -0.2) is 35.6 Å². The number of rotatable bonds is 2. The lowest BCUT2D eigenvalue weighted by molar-refractivity contribution is -0.238. The van der Waals surface area contributed by atoms with Gasteiger partial charge in [-0.1, -0.05) is 43.7 Å². The van der Waals surface area contributed by atoms with Gasteiger partial charge in [-0.25, -0.2) is 0 Å². The molecule has 1 aromatic rings. The molecule has 0 bridgehead atoms. The van der Waals surface area contributed by atoms with Crippen LogP contribution in [0.3, 0.4) is 0 Å². The summed E-state index contributed by atoms with van der Waals surface area (Å²) in [6.45, 7) is 6.21. The van der Waals surface area contributed by atoms with Crippen molar-refractivity contribution in [2.24, 2.45) is 28.6 Å². The second kappa shape index (κ2) is 7.40. The van der Waals surface area contributed by atoms with Crippen LogP contribution in [-0.2, 0) is 25.6 Å². The molecule has 2 saturated carbocycles. The number of piperidine rings is 1. The smallest absolute Gasteiger partial charge is 0.227 e. The van der Waals surface area contributed by atoms with Gasteiger partial charge in [0.25, 0.3) is 0 Å². The number of hydrogen-bond acceptors (Lipinski definition) is 4. The molecule has 176 valence electrons.